The largest absolute Gasteiger partial charge is 0.441 e. The smallest absolute Gasteiger partial charge is 0.412 e. The average Bonchev–Trinajstić information content (AvgIpc) is 3.46. The lowest BCUT2D eigenvalue weighted by molar-refractivity contribution is -0.141. The van der Waals surface area contributed by atoms with E-state index in [0.717, 1.165) is 42.2 Å². The molecule has 3 N–H and O–H groups in total. The molecule has 1 aromatic carbocycles. The SMILES string of the molecule is CC12C=CC(=O)C=C1CCC1C2[C@@H](O)CC2(C)C(C(=O)COC(=O)Nc3ccc4cc[nH]c4c3)CCC12. The van der Waals surface area contributed by atoms with Crippen LogP contribution >= 0.6 is 0 Å². The minimum Gasteiger partial charge on any atom is -0.441 e. The maximum atomic E-state index is 13.3. The third kappa shape index (κ3) is 3.86. The highest BCUT2D eigenvalue weighted by Crippen LogP contribution is 2.66. The third-order valence-corrected chi connectivity index (χ3v) is 10.0. The summed E-state index contributed by atoms with van der Waals surface area (Å²) in [6, 6.07) is 7.47. The number of carbonyl (C=O) groups excluding carboxylic acids is 3. The van der Waals surface area contributed by atoms with E-state index in [1.807, 2.05) is 30.5 Å². The van der Waals surface area contributed by atoms with Gasteiger partial charge in [-0.3, -0.25) is 14.9 Å². The number of carbonyl (C=O) groups is 3. The van der Waals surface area contributed by atoms with Crippen molar-refractivity contribution in [1.82, 2.24) is 4.98 Å². The molecular weight excluding hydrogens is 468 g/mol. The Morgan fingerprint density at radius 2 is 2.03 bits per heavy atom. The topological polar surface area (TPSA) is 108 Å². The standard InChI is InChI=1S/C30H34N2O5/c1-29-11-9-20(33)13-18(29)4-6-21-22-7-8-23(30(22,2)15-25(34)27(21)29)26(35)16-37-28(36)32-19-5-3-17-10-12-31-24(17)14-19/h3,5,9-14,21-23,25,27,31,34H,4,6-8,15-16H2,1-2H3,(H,32,36)/t21?,22?,23?,25-,27?,29?,30?/m0/s1. The molecule has 7 nitrogen and oxygen atoms in total. The van der Waals surface area contributed by atoms with Crippen molar-refractivity contribution >= 4 is 34.3 Å². The molecule has 3 fully saturated rings. The molecule has 3 saturated carbocycles. The molecule has 37 heavy (non-hydrogen) atoms. The molecule has 194 valence electrons. The summed E-state index contributed by atoms with van der Waals surface area (Å²) in [6.45, 7) is 4.03. The van der Waals surface area contributed by atoms with Crippen molar-refractivity contribution < 1.29 is 24.2 Å². The number of aliphatic hydroxyl groups is 1. The number of aromatic nitrogens is 1. The van der Waals surface area contributed by atoms with Crippen LogP contribution in [-0.2, 0) is 14.3 Å². The number of nitrogens with one attached hydrogen (secondary N) is 2. The van der Waals surface area contributed by atoms with Gasteiger partial charge in [-0.15, -0.1) is 0 Å². The number of hydrogen-bond donors (Lipinski definition) is 3. The number of rotatable bonds is 4. The minimum absolute atomic E-state index is 0.0291. The number of amides is 1. The summed E-state index contributed by atoms with van der Waals surface area (Å²) in [6.07, 6.45) is 10.0. The van der Waals surface area contributed by atoms with Gasteiger partial charge in [-0.05, 0) is 85.1 Å². The minimum atomic E-state index is -0.652. The molecule has 0 aliphatic heterocycles. The van der Waals surface area contributed by atoms with E-state index in [1.165, 1.54) is 0 Å². The molecular formula is C30H34N2O5. The molecule has 7 heteroatoms. The average molecular weight is 503 g/mol. The molecule has 6 rings (SSSR count). The highest BCUT2D eigenvalue weighted by Gasteiger charge is 2.62. The molecule has 4 aliphatic rings. The van der Waals surface area contributed by atoms with Gasteiger partial charge in [0, 0.05) is 34.7 Å². The lowest BCUT2D eigenvalue weighted by Gasteiger charge is -2.58. The lowest BCUT2D eigenvalue weighted by atomic mass is 9.46. The molecule has 7 atom stereocenters. The van der Waals surface area contributed by atoms with E-state index in [0.29, 0.717) is 23.9 Å². The Morgan fingerprint density at radius 1 is 1.19 bits per heavy atom. The second-order valence-corrected chi connectivity index (χ2v) is 11.9. The number of hydrogen-bond acceptors (Lipinski definition) is 5. The molecule has 0 spiro atoms. The molecule has 1 heterocycles. The number of ether oxygens (including phenoxy) is 1. The van der Waals surface area contributed by atoms with Crippen LogP contribution in [0.3, 0.4) is 0 Å². The van der Waals surface area contributed by atoms with Crippen LogP contribution < -0.4 is 5.32 Å². The third-order valence-electron chi connectivity index (χ3n) is 10.0. The van der Waals surface area contributed by atoms with E-state index in [2.05, 4.69) is 24.1 Å². The predicted octanol–water partition coefficient (Wildman–Crippen LogP) is 5.18. The first-order valence-corrected chi connectivity index (χ1v) is 13.3. The van der Waals surface area contributed by atoms with E-state index < -0.39 is 12.2 Å². The Hall–Kier alpha value is -3.19. The van der Waals surface area contributed by atoms with Crippen molar-refractivity contribution in [2.24, 2.45) is 34.5 Å². The van der Waals surface area contributed by atoms with Crippen LogP contribution in [0, 0.1) is 34.5 Å². The lowest BCUT2D eigenvalue weighted by Crippen LogP contribution is -2.56. The Bertz CT molecular complexity index is 1340. The number of anilines is 1. The number of aliphatic hydroxyl groups excluding tert-OH is 1. The highest BCUT2D eigenvalue weighted by molar-refractivity contribution is 6.01. The second-order valence-electron chi connectivity index (χ2n) is 11.9. The number of allylic oxidation sites excluding steroid dienone is 4. The Morgan fingerprint density at radius 3 is 2.86 bits per heavy atom. The van der Waals surface area contributed by atoms with Crippen LogP contribution in [0.5, 0.6) is 0 Å². The van der Waals surface area contributed by atoms with Crippen molar-refractivity contribution in [3.63, 3.8) is 0 Å². The molecule has 1 amide bonds. The van der Waals surface area contributed by atoms with E-state index in [4.69, 9.17) is 4.74 Å². The van der Waals surface area contributed by atoms with Gasteiger partial charge in [-0.25, -0.2) is 4.79 Å². The summed E-state index contributed by atoms with van der Waals surface area (Å²) in [5.41, 5.74) is 1.98. The number of Topliss-reactive ketones (excluding diaryl/α,β-unsaturated/α-hetero) is 1. The number of H-pyrrole nitrogens is 1. The maximum absolute atomic E-state index is 13.3. The fraction of sp³-hybridized carbons (Fsp3) is 0.500. The first-order chi connectivity index (χ1) is 17.7. The van der Waals surface area contributed by atoms with Gasteiger partial charge in [-0.2, -0.15) is 0 Å². The first kappa shape index (κ1) is 24.2. The van der Waals surface area contributed by atoms with Crippen molar-refractivity contribution in [3.8, 4) is 0 Å². The van der Waals surface area contributed by atoms with Gasteiger partial charge in [0.05, 0.1) is 6.10 Å². The number of benzene rings is 1. The molecule has 4 aliphatic carbocycles. The monoisotopic (exact) mass is 502 g/mol. The highest BCUT2D eigenvalue weighted by atomic mass is 16.6. The fourth-order valence-electron chi connectivity index (χ4n) is 8.37. The van der Waals surface area contributed by atoms with E-state index in [-0.39, 0.29) is 40.8 Å². The van der Waals surface area contributed by atoms with Crippen molar-refractivity contribution in [1.29, 1.82) is 0 Å². The molecule has 0 bridgehead atoms. The van der Waals surface area contributed by atoms with Crippen LogP contribution in [0.4, 0.5) is 10.5 Å². The molecule has 0 radical (unpaired) electrons. The number of ketones is 2. The quantitative estimate of drug-likeness (QED) is 0.534. The van der Waals surface area contributed by atoms with E-state index >= 15 is 0 Å². The zero-order valence-electron chi connectivity index (χ0n) is 21.3. The van der Waals surface area contributed by atoms with Gasteiger partial charge < -0.3 is 14.8 Å². The zero-order valence-corrected chi connectivity index (χ0v) is 21.3. The van der Waals surface area contributed by atoms with Crippen molar-refractivity contribution in [2.75, 3.05) is 11.9 Å². The number of fused-ring (bicyclic) bond motifs is 6. The van der Waals surface area contributed by atoms with Crippen LogP contribution in [0.2, 0.25) is 0 Å². The Balaban J connectivity index is 1.13. The molecule has 2 aromatic rings. The summed E-state index contributed by atoms with van der Waals surface area (Å²) in [4.78, 5) is 40.9. The van der Waals surface area contributed by atoms with E-state index in [1.54, 1.807) is 18.2 Å². The van der Waals surface area contributed by atoms with Gasteiger partial charge in [0.2, 0.25) is 0 Å². The van der Waals surface area contributed by atoms with Gasteiger partial charge in [0.25, 0.3) is 0 Å². The number of aromatic amines is 1. The summed E-state index contributed by atoms with van der Waals surface area (Å²) < 4.78 is 5.35. The van der Waals surface area contributed by atoms with Gasteiger partial charge in [-0.1, -0.05) is 31.6 Å². The molecule has 0 saturated heterocycles. The molecule has 1 aromatic heterocycles. The first-order valence-electron chi connectivity index (χ1n) is 13.3. The van der Waals surface area contributed by atoms with Crippen molar-refractivity contribution in [2.45, 2.75) is 52.1 Å². The van der Waals surface area contributed by atoms with Gasteiger partial charge in [0.15, 0.2) is 18.2 Å². The van der Waals surface area contributed by atoms with Crippen LogP contribution in [0.15, 0.2) is 54.3 Å². The normalized spacial score (nSPS) is 36.4. The van der Waals surface area contributed by atoms with Gasteiger partial charge in [0.1, 0.15) is 0 Å². The van der Waals surface area contributed by atoms with Crippen LogP contribution in [-0.4, -0.2) is 40.5 Å². The van der Waals surface area contributed by atoms with Gasteiger partial charge >= 0.3 is 6.09 Å². The predicted molar refractivity (Wildman–Crippen MR) is 140 cm³/mol. The van der Waals surface area contributed by atoms with Crippen LogP contribution in [0.25, 0.3) is 10.9 Å². The maximum Gasteiger partial charge on any atom is 0.412 e. The second kappa shape index (κ2) is 8.69. The summed E-state index contributed by atoms with van der Waals surface area (Å²) in [5.74, 6) is 0.365. The Kier molecular flexibility index (Phi) is 5.68. The van der Waals surface area contributed by atoms with Crippen molar-refractivity contribution in [3.05, 3.63) is 54.3 Å². The summed E-state index contributed by atoms with van der Waals surface area (Å²) in [7, 11) is 0. The fourth-order valence-corrected chi connectivity index (χ4v) is 8.37. The summed E-state index contributed by atoms with van der Waals surface area (Å²) in [5, 5.41) is 15.2. The Labute approximate surface area is 216 Å². The van der Waals surface area contributed by atoms with E-state index in [9.17, 15) is 19.5 Å². The van der Waals surface area contributed by atoms with Crippen LogP contribution in [0.1, 0.15) is 46.0 Å². The molecule has 6 unspecified atom stereocenters. The zero-order chi connectivity index (χ0) is 25.9. The summed E-state index contributed by atoms with van der Waals surface area (Å²) >= 11 is 0.